The minimum absolute atomic E-state index is 0.0763. The van der Waals surface area contributed by atoms with Gasteiger partial charge in [0.05, 0.1) is 22.9 Å². The van der Waals surface area contributed by atoms with E-state index in [1.54, 1.807) is 0 Å². The van der Waals surface area contributed by atoms with E-state index in [-0.39, 0.29) is 28.6 Å². The fraction of sp³-hybridized carbons (Fsp3) is 0.300. The number of nitrogens with one attached hydrogen (secondary N) is 2. The molecule has 1 aromatic rings. The molecular formula is C10H12ClN3O4S2. The molecule has 20 heavy (non-hydrogen) atoms. The van der Waals surface area contributed by atoms with Crippen LogP contribution in [0.3, 0.4) is 0 Å². The van der Waals surface area contributed by atoms with Crippen LogP contribution in [0, 0.1) is 11.3 Å². The Balaban J connectivity index is 2.77. The van der Waals surface area contributed by atoms with E-state index in [1.807, 2.05) is 6.07 Å². The van der Waals surface area contributed by atoms with E-state index in [2.05, 4.69) is 9.44 Å². The number of nitriles is 1. The molecule has 10 heteroatoms. The molecule has 7 nitrogen and oxygen atoms in total. The van der Waals surface area contributed by atoms with E-state index in [9.17, 15) is 16.8 Å². The van der Waals surface area contributed by atoms with Crippen molar-refractivity contribution < 1.29 is 16.8 Å². The molecule has 0 amide bonds. The third-order valence-corrected chi connectivity index (χ3v) is 4.80. The molecule has 0 unspecified atom stereocenters. The molecule has 2 N–H and O–H groups in total. The molecule has 0 radical (unpaired) electrons. The summed E-state index contributed by atoms with van der Waals surface area (Å²) in [5.41, 5.74) is 0.243. The molecule has 0 heterocycles. The first kappa shape index (κ1) is 16.9. The van der Waals surface area contributed by atoms with Gasteiger partial charge >= 0.3 is 0 Å². The van der Waals surface area contributed by atoms with E-state index >= 15 is 0 Å². The maximum absolute atomic E-state index is 11.9. The van der Waals surface area contributed by atoms with Crippen LogP contribution < -0.4 is 9.44 Å². The Morgan fingerprint density at radius 1 is 1.20 bits per heavy atom. The van der Waals surface area contributed by atoms with Crippen LogP contribution in [0.15, 0.2) is 23.1 Å². The van der Waals surface area contributed by atoms with Gasteiger partial charge in [0.25, 0.3) is 0 Å². The molecule has 0 aliphatic rings. The Labute approximate surface area is 122 Å². The molecule has 0 atom stereocenters. The van der Waals surface area contributed by atoms with E-state index in [0.717, 1.165) is 6.26 Å². The molecule has 0 spiro atoms. The normalized spacial score (nSPS) is 12.1. The highest BCUT2D eigenvalue weighted by Gasteiger charge is 2.17. The summed E-state index contributed by atoms with van der Waals surface area (Å²) in [6.45, 7) is -0.197. The lowest BCUT2D eigenvalue weighted by atomic mass is 10.2. The van der Waals surface area contributed by atoms with Crippen molar-refractivity contribution in [3.8, 4) is 6.07 Å². The second-order valence-corrected chi connectivity index (χ2v) is 7.80. The molecule has 0 aliphatic heterocycles. The Morgan fingerprint density at radius 2 is 1.80 bits per heavy atom. The molecular weight excluding hydrogens is 326 g/mol. The minimum atomic E-state index is -3.86. The second kappa shape index (κ2) is 6.51. The smallest absolute Gasteiger partial charge is 0.214 e. The monoisotopic (exact) mass is 337 g/mol. The summed E-state index contributed by atoms with van der Waals surface area (Å²) < 4.78 is 49.8. The van der Waals surface area contributed by atoms with Gasteiger partial charge in [0.1, 0.15) is 4.90 Å². The van der Waals surface area contributed by atoms with Gasteiger partial charge in [-0.05, 0) is 18.2 Å². The predicted octanol–water partition coefficient (Wildman–Crippen LogP) is 0.0392. The molecule has 0 aliphatic carbocycles. The van der Waals surface area contributed by atoms with Crippen LogP contribution in [0.5, 0.6) is 0 Å². The summed E-state index contributed by atoms with van der Waals surface area (Å²) in [6, 6.07) is 5.62. The van der Waals surface area contributed by atoms with Crippen LogP contribution in [0.2, 0.25) is 5.02 Å². The molecule has 0 aromatic heterocycles. The van der Waals surface area contributed by atoms with Gasteiger partial charge in [0, 0.05) is 13.1 Å². The van der Waals surface area contributed by atoms with E-state index in [1.165, 1.54) is 18.2 Å². The summed E-state index contributed by atoms with van der Waals surface area (Å²) >= 11 is 5.80. The molecule has 1 aromatic carbocycles. The van der Waals surface area contributed by atoms with Gasteiger partial charge in [-0.3, -0.25) is 0 Å². The van der Waals surface area contributed by atoms with Crippen LogP contribution in [0.1, 0.15) is 5.56 Å². The molecule has 1 rings (SSSR count). The summed E-state index contributed by atoms with van der Waals surface area (Å²) in [5.74, 6) is 0. The van der Waals surface area contributed by atoms with Crippen molar-refractivity contribution in [3.63, 3.8) is 0 Å². The second-order valence-electron chi connectivity index (χ2n) is 3.82. The first-order valence-electron chi connectivity index (χ1n) is 5.30. The van der Waals surface area contributed by atoms with E-state index in [0.29, 0.717) is 0 Å². The first-order chi connectivity index (χ1) is 9.15. The van der Waals surface area contributed by atoms with Gasteiger partial charge in [-0.15, -0.1) is 0 Å². The average Bonchev–Trinajstić information content (AvgIpc) is 2.33. The van der Waals surface area contributed by atoms with E-state index in [4.69, 9.17) is 16.9 Å². The lowest BCUT2D eigenvalue weighted by Crippen LogP contribution is -2.34. The summed E-state index contributed by atoms with van der Waals surface area (Å²) in [4.78, 5) is -0.169. The third kappa shape index (κ3) is 5.07. The van der Waals surface area contributed by atoms with Crippen molar-refractivity contribution in [2.24, 2.45) is 0 Å². The van der Waals surface area contributed by atoms with Crippen molar-refractivity contribution in [1.82, 2.24) is 9.44 Å². The van der Waals surface area contributed by atoms with Crippen LogP contribution in [-0.4, -0.2) is 36.2 Å². The number of benzene rings is 1. The Morgan fingerprint density at radius 3 is 2.30 bits per heavy atom. The zero-order valence-corrected chi connectivity index (χ0v) is 12.8. The maximum atomic E-state index is 11.9. The summed E-state index contributed by atoms with van der Waals surface area (Å²) in [7, 11) is -7.23. The zero-order chi connectivity index (χ0) is 15.4. The van der Waals surface area contributed by atoms with Gasteiger partial charge in [0.15, 0.2) is 0 Å². The summed E-state index contributed by atoms with van der Waals surface area (Å²) in [6.07, 6.45) is 0.971. The predicted molar refractivity (Wildman–Crippen MR) is 74.2 cm³/mol. The fourth-order valence-electron chi connectivity index (χ4n) is 1.29. The quantitative estimate of drug-likeness (QED) is 0.711. The SMILES string of the molecule is CS(=O)(=O)NCCNS(=O)(=O)c1ccc(C#N)cc1Cl. The fourth-order valence-corrected chi connectivity index (χ4v) is 3.34. The van der Waals surface area contributed by atoms with Crippen LogP contribution >= 0.6 is 11.6 Å². The molecule has 0 saturated heterocycles. The lowest BCUT2D eigenvalue weighted by Gasteiger charge is -2.08. The number of nitrogens with zero attached hydrogens (tertiary/aromatic N) is 1. The number of rotatable bonds is 6. The molecule has 0 fully saturated rings. The Bertz CT molecular complexity index is 738. The summed E-state index contributed by atoms with van der Waals surface area (Å²) in [5, 5.41) is 8.59. The number of sulfonamides is 2. The van der Waals surface area contributed by atoms with Gasteiger partial charge in [-0.1, -0.05) is 11.6 Å². The Kier molecular flexibility index (Phi) is 5.50. The highest BCUT2D eigenvalue weighted by atomic mass is 35.5. The lowest BCUT2D eigenvalue weighted by molar-refractivity contribution is 0.573. The van der Waals surface area contributed by atoms with Crippen molar-refractivity contribution in [3.05, 3.63) is 28.8 Å². The minimum Gasteiger partial charge on any atom is -0.214 e. The average molecular weight is 338 g/mol. The third-order valence-electron chi connectivity index (χ3n) is 2.13. The molecule has 0 bridgehead atoms. The van der Waals surface area contributed by atoms with Crippen LogP contribution in [0.25, 0.3) is 0 Å². The maximum Gasteiger partial charge on any atom is 0.242 e. The first-order valence-corrected chi connectivity index (χ1v) is 9.05. The van der Waals surface area contributed by atoms with Crippen molar-refractivity contribution in [2.45, 2.75) is 4.90 Å². The van der Waals surface area contributed by atoms with Crippen molar-refractivity contribution in [2.75, 3.05) is 19.3 Å². The van der Waals surface area contributed by atoms with Crippen molar-refractivity contribution in [1.29, 1.82) is 5.26 Å². The highest BCUT2D eigenvalue weighted by Crippen LogP contribution is 2.22. The molecule has 110 valence electrons. The van der Waals surface area contributed by atoms with Crippen LogP contribution in [-0.2, 0) is 20.0 Å². The Hall–Kier alpha value is -1.18. The largest absolute Gasteiger partial charge is 0.242 e. The molecule has 0 saturated carbocycles. The van der Waals surface area contributed by atoms with Gasteiger partial charge in [0.2, 0.25) is 20.0 Å². The van der Waals surface area contributed by atoms with Gasteiger partial charge in [-0.2, -0.15) is 5.26 Å². The van der Waals surface area contributed by atoms with Crippen LogP contribution in [0.4, 0.5) is 0 Å². The van der Waals surface area contributed by atoms with Gasteiger partial charge < -0.3 is 0 Å². The number of hydrogen-bond donors (Lipinski definition) is 2. The standard InChI is InChI=1S/C10H12ClN3O4S2/c1-19(15,16)13-4-5-14-20(17,18)10-3-2-8(7-12)6-9(10)11/h2-3,6,13-14H,4-5H2,1H3. The highest BCUT2D eigenvalue weighted by molar-refractivity contribution is 7.89. The zero-order valence-electron chi connectivity index (χ0n) is 10.4. The van der Waals surface area contributed by atoms with Gasteiger partial charge in [-0.25, -0.2) is 26.3 Å². The van der Waals surface area contributed by atoms with E-state index < -0.39 is 20.0 Å². The van der Waals surface area contributed by atoms with Crippen molar-refractivity contribution >= 4 is 31.6 Å². The number of hydrogen-bond acceptors (Lipinski definition) is 5. The topological polar surface area (TPSA) is 116 Å². The number of halogens is 1.